The summed E-state index contributed by atoms with van der Waals surface area (Å²) in [5, 5.41) is 17.6. The zero-order chi connectivity index (χ0) is 29.3. The number of nitrogens with two attached hydrogens (primary N) is 1. The van der Waals surface area contributed by atoms with Crippen molar-refractivity contribution in [3.8, 4) is 0 Å². The SMILES string of the molecule is CC[C@H](C)[C@H](NC(=O)[C@H](Cc1ccccc1)NC(=O)[C@H](C)N)C(=O)N1CCC[C@H]1C(=O)N[C@H](C(=O)O)C(C)C. The number of carboxylic acids is 1. The van der Waals surface area contributed by atoms with E-state index in [9.17, 15) is 29.1 Å². The van der Waals surface area contributed by atoms with Crippen molar-refractivity contribution in [2.45, 2.75) is 90.5 Å². The number of likely N-dealkylation sites (tertiary alicyclic amines) is 1. The maximum Gasteiger partial charge on any atom is 0.326 e. The van der Waals surface area contributed by atoms with Crippen molar-refractivity contribution in [2.24, 2.45) is 17.6 Å². The first-order valence-electron chi connectivity index (χ1n) is 13.6. The Kier molecular flexibility index (Phi) is 11.9. The van der Waals surface area contributed by atoms with Gasteiger partial charge in [0.05, 0.1) is 6.04 Å². The van der Waals surface area contributed by atoms with E-state index in [2.05, 4.69) is 16.0 Å². The quantitative estimate of drug-likeness (QED) is 0.244. The number of hydrogen-bond donors (Lipinski definition) is 5. The fourth-order valence-electron chi connectivity index (χ4n) is 4.54. The summed E-state index contributed by atoms with van der Waals surface area (Å²) < 4.78 is 0. The van der Waals surface area contributed by atoms with E-state index in [0.717, 1.165) is 5.56 Å². The van der Waals surface area contributed by atoms with E-state index in [0.29, 0.717) is 25.8 Å². The second-order valence-electron chi connectivity index (χ2n) is 10.7. The molecule has 1 aliphatic rings. The molecule has 1 aromatic rings. The van der Waals surface area contributed by atoms with Crippen LogP contribution in [0, 0.1) is 11.8 Å². The van der Waals surface area contributed by atoms with Crippen molar-refractivity contribution in [2.75, 3.05) is 6.54 Å². The summed E-state index contributed by atoms with van der Waals surface area (Å²) in [5.74, 6) is -3.71. The molecule has 1 aromatic carbocycles. The van der Waals surface area contributed by atoms with Crippen LogP contribution in [0.15, 0.2) is 30.3 Å². The summed E-state index contributed by atoms with van der Waals surface area (Å²) in [7, 11) is 0. The van der Waals surface area contributed by atoms with Crippen LogP contribution in [-0.2, 0) is 30.4 Å². The molecule has 1 aliphatic heterocycles. The Balaban J connectivity index is 2.26. The van der Waals surface area contributed by atoms with Crippen LogP contribution in [0.3, 0.4) is 0 Å². The molecule has 11 heteroatoms. The summed E-state index contributed by atoms with van der Waals surface area (Å²) in [6.07, 6.45) is 1.74. The Morgan fingerprint density at radius 2 is 1.62 bits per heavy atom. The van der Waals surface area contributed by atoms with Gasteiger partial charge in [-0.05, 0) is 37.2 Å². The molecule has 2 rings (SSSR count). The molecule has 1 fully saturated rings. The van der Waals surface area contributed by atoms with Crippen molar-refractivity contribution in [1.82, 2.24) is 20.9 Å². The molecule has 0 radical (unpaired) electrons. The van der Waals surface area contributed by atoms with Crippen LogP contribution in [0.5, 0.6) is 0 Å². The number of amides is 4. The Labute approximate surface area is 230 Å². The lowest BCUT2D eigenvalue weighted by Gasteiger charge is -2.33. The van der Waals surface area contributed by atoms with Gasteiger partial charge in [0, 0.05) is 13.0 Å². The predicted molar refractivity (Wildman–Crippen MR) is 146 cm³/mol. The Morgan fingerprint density at radius 3 is 2.15 bits per heavy atom. The third kappa shape index (κ3) is 8.77. The molecule has 1 saturated heterocycles. The van der Waals surface area contributed by atoms with Crippen molar-refractivity contribution < 1.29 is 29.1 Å². The van der Waals surface area contributed by atoms with Crippen LogP contribution < -0.4 is 21.7 Å². The highest BCUT2D eigenvalue weighted by Gasteiger charge is 2.41. The fraction of sp³-hybridized carbons (Fsp3) is 0.607. The molecular formula is C28H43N5O6. The van der Waals surface area contributed by atoms with Crippen LogP contribution in [0.2, 0.25) is 0 Å². The second kappa shape index (κ2) is 14.6. The van der Waals surface area contributed by atoms with Crippen molar-refractivity contribution >= 4 is 29.6 Å². The number of nitrogens with one attached hydrogen (secondary N) is 3. The topological polar surface area (TPSA) is 171 Å². The van der Waals surface area contributed by atoms with Crippen molar-refractivity contribution in [1.29, 1.82) is 0 Å². The third-order valence-corrected chi connectivity index (χ3v) is 7.18. The minimum absolute atomic E-state index is 0.201. The highest BCUT2D eigenvalue weighted by molar-refractivity contribution is 5.96. The van der Waals surface area contributed by atoms with E-state index in [1.54, 1.807) is 13.8 Å². The van der Waals surface area contributed by atoms with Crippen LogP contribution >= 0.6 is 0 Å². The number of carbonyl (C=O) groups is 5. The van der Waals surface area contributed by atoms with Gasteiger partial charge in [-0.25, -0.2) is 4.79 Å². The molecule has 6 atom stereocenters. The van der Waals surface area contributed by atoms with Gasteiger partial charge >= 0.3 is 5.97 Å². The number of carboxylic acid groups (broad SMARTS) is 1. The van der Waals surface area contributed by atoms with E-state index in [4.69, 9.17) is 5.73 Å². The standard InChI is InChI=1S/C28H43N5O6/c1-6-17(4)23(27(37)33-14-10-13-21(33)26(36)31-22(16(2)3)28(38)39)32-25(35)20(30-24(34)18(5)29)15-19-11-8-7-9-12-19/h7-9,11-12,16-18,20-23H,6,10,13-15,29H2,1-5H3,(H,30,34)(H,31,36)(H,32,35)(H,38,39)/t17-,18-,20-,21-,22-,23-/m0/s1. The van der Waals surface area contributed by atoms with Gasteiger partial charge in [0.2, 0.25) is 23.6 Å². The molecule has 0 aliphatic carbocycles. The maximum absolute atomic E-state index is 13.8. The fourth-order valence-corrected chi connectivity index (χ4v) is 4.54. The maximum atomic E-state index is 13.8. The van der Waals surface area contributed by atoms with Crippen LogP contribution in [0.1, 0.15) is 59.4 Å². The summed E-state index contributed by atoms with van der Waals surface area (Å²) in [5.41, 5.74) is 6.54. The molecule has 0 aromatic heterocycles. The summed E-state index contributed by atoms with van der Waals surface area (Å²) >= 11 is 0. The molecule has 4 amide bonds. The van der Waals surface area contributed by atoms with E-state index >= 15 is 0 Å². The van der Waals surface area contributed by atoms with E-state index in [-0.39, 0.29) is 18.3 Å². The van der Waals surface area contributed by atoms with Gasteiger partial charge in [-0.2, -0.15) is 0 Å². The van der Waals surface area contributed by atoms with Gasteiger partial charge in [0.15, 0.2) is 0 Å². The smallest absolute Gasteiger partial charge is 0.326 e. The molecule has 0 unspecified atom stereocenters. The molecule has 0 bridgehead atoms. The second-order valence-corrected chi connectivity index (χ2v) is 10.7. The minimum Gasteiger partial charge on any atom is -0.480 e. The van der Waals surface area contributed by atoms with Crippen LogP contribution in [0.4, 0.5) is 0 Å². The average molecular weight is 546 g/mol. The lowest BCUT2D eigenvalue weighted by molar-refractivity contribution is -0.146. The minimum atomic E-state index is -1.14. The Morgan fingerprint density at radius 1 is 0.974 bits per heavy atom. The number of carbonyl (C=O) groups excluding carboxylic acids is 4. The highest BCUT2D eigenvalue weighted by atomic mass is 16.4. The molecule has 0 saturated carbocycles. The summed E-state index contributed by atoms with van der Waals surface area (Å²) in [4.78, 5) is 65.7. The van der Waals surface area contributed by atoms with Gasteiger partial charge in [0.25, 0.3) is 0 Å². The third-order valence-electron chi connectivity index (χ3n) is 7.18. The van der Waals surface area contributed by atoms with E-state index in [1.807, 2.05) is 44.2 Å². The van der Waals surface area contributed by atoms with Crippen molar-refractivity contribution in [3.63, 3.8) is 0 Å². The molecule has 11 nitrogen and oxygen atoms in total. The molecule has 216 valence electrons. The Hall–Kier alpha value is -3.47. The first-order chi connectivity index (χ1) is 18.4. The van der Waals surface area contributed by atoms with Crippen LogP contribution in [0.25, 0.3) is 0 Å². The number of aliphatic carboxylic acids is 1. The summed E-state index contributed by atoms with van der Waals surface area (Å²) in [6, 6.07) is 4.53. The number of benzene rings is 1. The number of hydrogen-bond acceptors (Lipinski definition) is 6. The average Bonchev–Trinajstić information content (AvgIpc) is 3.39. The lowest BCUT2D eigenvalue weighted by atomic mass is 9.96. The monoisotopic (exact) mass is 545 g/mol. The molecule has 1 heterocycles. The largest absolute Gasteiger partial charge is 0.480 e. The highest BCUT2D eigenvalue weighted by Crippen LogP contribution is 2.22. The normalized spacial score (nSPS) is 18.9. The van der Waals surface area contributed by atoms with Gasteiger partial charge in [0.1, 0.15) is 24.2 Å². The Bertz CT molecular complexity index is 1010. The summed E-state index contributed by atoms with van der Waals surface area (Å²) in [6.45, 7) is 8.95. The van der Waals surface area contributed by atoms with Gasteiger partial charge in [-0.3, -0.25) is 19.2 Å². The zero-order valence-electron chi connectivity index (χ0n) is 23.5. The van der Waals surface area contributed by atoms with Crippen LogP contribution in [-0.4, -0.2) is 76.4 Å². The van der Waals surface area contributed by atoms with Crippen molar-refractivity contribution in [3.05, 3.63) is 35.9 Å². The van der Waals surface area contributed by atoms with E-state index < -0.39 is 59.8 Å². The first kappa shape index (κ1) is 31.7. The first-order valence-corrected chi connectivity index (χ1v) is 13.6. The number of nitrogens with zero attached hydrogens (tertiary/aromatic N) is 1. The number of rotatable bonds is 13. The van der Waals surface area contributed by atoms with Gasteiger partial charge in [-0.1, -0.05) is 64.4 Å². The molecular weight excluding hydrogens is 502 g/mol. The predicted octanol–water partition coefficient (Wildman–Crippen LogP) is 0.808. The van der Waals surface area contributed by atoms with Gasteiger partial charge in [-0.15, -0.1) is 0 Å². The van der Waals surface area contributed by atoms with E-state index in [1.165, 1.54) is 11.8 Å². The molecule has 0 spiro atoms. The molecule has 39 heavy (non-hydrogen) atoms. The zero-order valence-corrected chi connectivity index (χ0v) is 23.5. The van der Waals surface area contributed by atoms with Gasteiger partial charge < -0.3 is 31.7 Å². The lowest BCUT2D eigenvalue weighted by Crippen LogP contribution is -2.60. The molecule has 6 N–H and O–H groups in total.